The lowest BCUT2D eigenvalue weighted by atomic mass is 9.95. The second-order valence-electron chi connectivity index (χ2n) is 8.03. The molecule has 1 atom stereocenters. The van der Waals surface area contributed by atoms with Crippen LogP contribution in [0.4, 0.5) is 13.2 Å². The van der Waals surface area contributed by atoms with Crippen LogP contribution in [0.25, 0.3) is 22.2 Å². The lowest BCUT2D eigenvalue weighted by molar-refractivity contribution is 0.0670. The summed E-state index contributed by atoms with van der Waals surface area (Å²) >= 11 is 0. The van der Waals surface area contributed by atoms with Gasteiger partial charge in [0, 0.05) is 49.5 Å². The predicted molar refractivity (Wildman–Crippen MR) is 112 cm³/mol. The fourth-order valence-corrected chi connectivity index (χ4v) is 4.58. The van der Waals surface area contributed by atoms with Gasteiger partial charge in [0.15, 0.2) is 17.5 Å². The number of halogens is 3. The van der Waals surface area contributed by atoms with Crippen LogP contribution in [0.15, 0.2) is 36.7 Å². The normalized spacial score (nSPS) is 15.9. The Balaban J connectivity index is 1.54. The number of nitrogens with zero attached hydrogens (tertiary/aromatic N) is 5. The van der Waals surface area contributed by atoms with Crippen molar-refractivity contribution in [3.05, 3.63) is 71.1 Å². The first-order chi connectivity index (χ1) is 15.3. The summed E-state index contributed by atoms with van der Waals surface area (Å²) in [5.41, 5.74) is 3.44. The van der Waals surface area contributed by atoms with E-state index in [4.69, 9.17) is 0 Å². The first-order valence-corrected chi connectivity index (χ1v) is 10.2. The smallest absolute Gasteiger partial charge is 0.273 e. The Kier molecular flexibility index (Phi) is 4.58. The molecule has 0 spiro atoms. The Hall–Kier alpha value is -3.62. The number of fused-ring (bicyclic) bond motifs is 2. The Labute approximate surface area is 181 Å². The molecule has 9 heteroatoms. The van der Waals surface area contributed by atoms with Crippen molar-refractivity contribution in [3.8, 4) is 11.3 Å². The molecule has 0 saturated carbocycles. The molecule has 1 aliphatic heterocycles. The number of benzene rings is 1. The summed E-state index contributed by atoms with van der Waals surface area (Å²) in [5.74, 6) is -4.21. The number of rotatable bonds is 2. The summed E-state index contributed by atoms with van der Waals surface area (Å²) in [4.78, 5) is 19.5. The molecular weight excluding hydrogens is 419 g/mol. The minimum absolute atomic E-state index is 0.203. The van der Waals surface area contributed by atoms with E-state index in [0.717, 1.165) is 28.6 Å². The average molecular weight is 439 g/mol. The molecule has 4 heterocycles. The monoisotopic (exact) mass is 439 g/mol. The number of carbonyl (C=O) groups is 1. The van der Waals surface area contributed by atoms with Crippen LogP contribution in [-0.4, -0.2) is 36.7 Å². The van der Waals surface area contributed by atoms with Gasteiger partial charge < -0.3 is 9.47 Å². The van der Waals surface area contributed by atoms with E-state index >= 15 is 0 Å². The fraction of sp³-hybridized carbons (Fsp3) is 0.261. The van der Waals surface area contributed by atoms with E-state index in [-0.39, 0.29) is 17.5 Å². The van der Waals surface area contributed by atoms with Crippen LogP contribution in [-0.2, 0) is 20.5 Å². The third kappa shape index (κ3) is 2.91. The zero-order chi connectivity index (χ0) is 22.7. The van der Waals surface area contributed by atoms with Crippen LogP contribution in [0.2, 0.25) is 0 Å². The number of hydrogen-bond donors (Lipinski definition) is 0. The summed E-state index contributed by atoms with van der Waals surface area (Å²) in [5, 5.41) is 5.32. The summed E-state index contributed by atoms with van der Waals surface area (Å²) in [6, 6.07) is 5.29. The maximum absolute atomic E-state index is 13.9. The maximum Gasteiger partial charge on any atom is 0.273 e. The summed E-state index contributed by atoms with van der Waals surface area (Å²) in [7, 11) is 3.57. The molecule has 5 rings (SSSR count). The molecule has 0 bridgehead atoms. The molecule has 0 N–H and O–H groups in total. The Morgan fingerprint density at radius 3 is 2.56 bits per heavy atom. The molecular formula is C23H20F3N5O. The number of amides is 1. The van der Waals surface area contributed by atoms with E-state index < -0.39 is 17.5 Å². The highest BCUT2D eigenvalue weighted by atomic mass is 19.2. The molecule has 3 aromatic heterocycles. The van der Waals surface area contributed by atoms with E-state index in [1.807, 2.05) is 36.9 Å². The second-order valence-corrected chi connectivity index (χ2v) is 8.03. The van der Waals surface area contributed by atoms with Crippen LogP contribution in [0.1, 0.15) is 34.7 Å². The average Bonchev–Trinajstić information content (AvgIpc) is 3.31. The summed E-state index contributed by atoms with van der Waals surface area (Å²) in [6.45, 7) is 2.26. The van der Waals surface area contributed by atoms with E-state index in [1.54, 1.807) is 18.1 Å². The fourth-order valence-electron chi connectivity index (χ4n) is 4.58. The van der Waals surface area contributed by atoms with Crippen molar-refractivity contribution in [2.75, 3.05) is 6.54 Å². The van der Waals surface area contributed by atoms with Gasteiger partial charge in [0.25, 0.3) is 5.91 Å². The largest absolute Gasteiger partial charge is 0.350 e. The standard InChI is InChI=1S/C23H20F3N5O/c1-12-20-15(22(30(3)28-20)13-10-16(24)19(26)17(25)11-13)6-9-31(12)23(32)21-14-5-8-29(2)18(14)4-7-27-21/h4-5,7-8,10-12H,6,9H2,1-3H3/t12-/m0/s1. The van der Waals surface area contributed by atoms with E-state index in [0.29, 0.717) is 30.0 Å². The zero-order valence-corrected chi connectivity index (χ0v) is 17.7. The lowest BCUT2D eigenvalue weighted by Gasteiger charge is -2.32. The molecule has 0 unspecified atom stereocenters. The molecule has 0 fully saturated rings. The Morgan fingerprint density at radius 2 is 1.84 bits per heavy atom. The molecule has 0 aliphatic carbocycles. The van der Waals surface area contributed by atoms with Gasteiger partial charge in [0.2, 0.25) is 0 Å². The van der Waals surface area contributed by atoms with E-state index in [9.17, 15) is 18.0 Å². The van der Waals surface area contributed by atoms with Gasteiger partial charge in [-0.25, -0.2) is 13.2 Å². The highest BCUT2D eigenvalue weighted by molar-refractivity contribution is 6.04. The predicted octanol–water partition coefficient (Wildman–Crippen LogP) is 4.15. The molecule has 6 nitrogen and oxygen atoms in total. The first kappa shape index (κ1) is 20.3. The lowest BCUT2D eigenvalue weighted by Crippen LogP contribution is -2.39. The highest BCUT2D eigenvalue weighted by Crippen LogP contribution is 2.37. The number of pyridine rings is 1. The number of carbonyl (C=O) groups excluding carboxylic acids is 1. The van der Waals surface area contributed by atoms with Crippen molar-refractivity contribution in [2.45, 2.75) is 19.4 Å². The van der Waals surface area contributed by atoms with Crippen molar-refractivity contribution >= 4 is 16.8 Å². The molecule has 0 saturated heterocycles. The third-order valence-electron chi connectivity index (χ3n) is 6.17. The molecule has 1 amide bonds. The van der Waals surface area contributed by atoms with Crippen LogP contribution < -0.4 is 0 Å². The minimum Gasteiger partial charge on any atom is -0.350 e. The highest BCUT2D eigenvalue weighted by Gasteiger charge is 2.34. The van der Waals surface area contributed by atoms with Crippen LogP contribution >= 0.6 is 0 Å². The minimum atomic E-state index is -1.50. The van der Waals surface area contributed by atoms with Crippen molar-refractivity contribution in [2.24, 2.45) is 14.1 Å². The first-order valence-electron chi connectivity index (χ1n) is 10.2. The molecule has 1 aromatic carbocycles. The number of hydrogen-bond acceptors (Lipinski definition) is 3. The topological polar surface area (TPSA) is 56.0 Å². The van der Waals surface area contributed by atoms with Crippen molar-refractivity contribution in [1.29, 1.82) is 0 Å². The molecule has 0 radical (unpaired) electrons. The number of aryl methyl sites for hydroxylation is 2. The molecule has 1 aliphatic rings. The van der Waals surface area contributed by atoms with Gasteiger partial charge in [-0.15, -0.1) is 0 Å². The SMILES string of the molecule is C[C@H]1c2nn(C)c(-c3cc(F)c(F)c(F)c3)c2CCN1C(=O)c1nccc2c1ccn2C. The molecule has 32 heavy (non-hydrogen) atoms. The van der Waals surface area contributed by atoms with Gasteiger partial charge in [-0.3, -0.25) is 14.5 Å². The van der Waals surface area contributed by atoms with Gasteiger partial charge in [0.1, 0.15) is 5.69 Å². The van der Waals surface area contributed by atoms with Crippen molar-refractivity contribution in [1.82, 2.24) is 24.2 Å². The zero-order valence-electron chi connectivity index (χ0n) is 17.7. The number of aromatic nitrogens is 4. The van der Waals surface area contributed by atoms with Gasteiger partial charge in [-0.1, -0.05) is 0 Å². The van der Waals surface area contributed by atoms with E-state index in [1.165, 1.54) is 4.68 Å². The Bertz CT molecular complexity index is 1370. The quantitative estimate of drug-likeness (QED) is 0.441. The van der Waals surface area contributed by atoms with Crippen LogP contribution in [0.5, 0.6) is 0 Å². The van der Waals surface area contributed by atoms with Gasteiger partial charge in [-0.2, -0.15) is 5.10 Å². The van der Waals surface area contributed by atoms with Gasteiger partial charge in [-0.05, 0) is 37.6 Å². The second kappa shape index (κ2) is 7.22. The Morgan fingerprint density at radius 1 is 1.12 bits per heavy atom. The summed E-state index contributed by atoms with van der Waals surface area (Å²) in [6.07, 6.45) is 3.94. The summed E-state index contributed by atoms with van der Waals surface area (Å²) < 4.78 is 44.6. The van der Waals surface area contributed by atoms with Gasteiger partial charge in [0.05, 0.1) is 22.9 Å². The van der Waals surface area contributed by atoms with Crippen LogP contribution in [0.3, 0.4) is 0 Å². The van der Waals surface area contributed by atoms with Crippen LogP contribution in [0, 0.1) is 17.5 Å². The van der Waals surface area contributed by atoms with Crippen molar-refractivity contribution in [3.63, 3.8) is 0 Å². The maximum atomic E-state index is 13.9. The van der Waals surface area contributed by atoms with E-state index in [2.05, 4.69) is 10.1 Å². The van der Waals surface area contributed by atoms with Crippen molar-refractivity contribution < 1.29 is 18.0 Å². The molecule has 4 aromatic rings. The third-order valence-corrected chi connectivity index (χ3v) is 6.17. The molecule has 164 valence electrons. The van der Waals surface area contributed by atoms with Gasteiger partial charge >= 0.3 is 0 Å².